The van der Waals surface area contributed by atoms with E-state index < -0.39 is 22.7 Å². The summed E-state index contributed by atoms with van der Waals surface area (Å²) in [7, 11) is 1.37. The SMILES string of the molecule is CCC(CC)N1C(=O)C(CC(=O)Nc2ccc(OC)cc2[N+](=O)[O-])SC1=Nc1ccc(OC(F)F)cc1. The molecule has 1 N–H and O–H groups in total. The van der Waals surface area contributed by atoms with Crippen LogP contribution in [0.2, 0.25) is 0 Å². The zero-order chi connectivity index (χ0) is 27.1. The lowest BCUT2D eigenvalue weighted by Crippen LogP contribution is -2.41. The number of carbonyl (C=O) groups excluding carboxylic acids is 2. The number of alkyl halides is 2. The zero-order valence-corrected chi connectivity index (χ0v) is 21.2. The van der Waals surface area contributed by atoms with Crippen LogP contribution in [0.3, 0.4) is 0 Å². The molecule has 1 saturated heterocycles. The molecule has 0 bridgehead atoms. The average molecular weight is 537 g/mol. The molecule has 0 aromatic heterocycles. The molecule has 198 valence electrons. The molecule has 0 spiro atoms. The van der Waals surface area contributed by atoms with E-state index in [-0.39, 0.29) is 41.2 Å². The number of halogens is 2. The Bertz CT molecular complexity index is 1170. The smallest absolute Gasteiger partial charge is 0.387 e. The molecule has 2 aromatic carbocycles. The molecule has 1 atom stereocenters. The van der Waals surface area contributed by atoms with Crippen LogP contribution in [-0.2, 0) is 9.59 Å². The highest BCUT2D eigenvalue weighted by Gasteiger charge is 2.42. The number of amidine groups is 1. The number of nitro benzene ring substituents is 1. The molecule has 1 aliphatic rings. The largest absolute Gasteiger partial charge is 0.496 e. The standard InChI is InChI=1S/C24H26F2N4O6S/c1-4-15(5-2)29-22(32)20(37-24(29)27-14-6-8-16(9-7-14)36-23(25)26)13-21(31)28-18-11-10-17(35-3)12-19(18)30(33)34/h6-12,15,20,23H,4-5,13H2,1-3H3,(H,28,31). The van der Waals surface area contributed by atoms with Gasteiger partial charge in [0.15, 0.2) is 5.17 Å². The normalized spacial score (nSPS) is 16.5. The van der Waals surface area contributed by atoms with Crippen molar-refractivity contribution in [3.05, 3.63) is 52.6 Å². The Hall–Kier alpha value is -3.74. The molecule has 1 unspecified atom stereocenters. The first-order valence-corrected chi connectivity index (χ1v) is 12.3. The summed E-state index contributed by atoms with van der Waals surface area (Å²) in [5, 5.41) is 13.5. The molecule has 2 aromatic rings. The predicted molar refractivity (Wildman–Crippen MR) is 136 cm³/mol. The first kappa shape index (κ1) is 27.8. The Morgan fingerprint density at radius 1 is 1.19 bits per heavy atom. The second-order valence-corrected chi connectivity index (χ2v) is 9.11. The Kier molecular flexibility index (Phi) is 9.39. The van der Waals surface area contributed by atoms with Gasteiger partial charge in [-0.3, -0.25) is 24.6 Å². The maximum atomic E-state index is 13.3. The first-order chi connectivity index (χ1) is 17.7. The van der Waals surface area contributed by atoms with Crippen LogP contribution in [-0.4, -0.2) is 51.8 Å². The van der Waals surface area contributed by atoms with Crippen molar-refractivity contribution < 1.29 is 32.8 Å². The summed E-state index contributed by atoms with van der Waals surface area (Å²) in [5.74, 6) is -0.623. The molecule has 0 aliphatic carbocycles. The number of amides is 2. The fourth-order valence-corrected chi connectivity index (χ4v) is 4.97. The number of rotatable bonds is 11. The van der Waals surface area contributed by atoms with Crippen LogP contribution < -0.4 is 14.8 Å². The van der Waals surface area contributed by atoms with Gasteiger partial charge in [-0.1, -0.05) is 25.6 Å². The minimum Gasteiger partial charge on any atom is -0.496 e. The maximum absolute atomic E-state index is 13.3. The van der Waals surface area contributed by atoms with Crippen LogP contribution >= 0.6 is 11.8 Å². The van der Waals surface area contributed by atoms with E-state index in [0.29, 0.717) is 23.7 Å². The fourth-order valence-electron chi connectivity index (χ4n) is 3.76. The van der Waals surface area contributed by atoms with Crippen molar-refractivity contribution >= 4 is 45.8 Å². The third-order valence-corrected chi connectivity index (χ3v) is 6.76. The second-order valence-electron chi connectivity index (χ2n) is 7.94. The highest BCUT2D eigenvalue weighted by atomic mass is 32.2. The van der Waals surface area contributed by atoms with Gasteiger partial charge in [0.05, 0.1) is 23.8 Å². The minimum atomic E-state index is -2.95. The molecule has 1 heterocycles. The highest BCUT2D eigenvalue weighted by Crippen LogP contribution is 2.35. The van der Waals surface area contributed by atoms with Crippen molar-refractivity contribution in [1.82, 2.24) is 4.90 Å². The lowest BCUT2D eigenvalue weighted by atomic mass is 10.1. The summed E-state index contributed by atoms with van der Waals surface area (Å²) in [6.45, 7) is 0.920. The lowest BCUT2D eigenvalue weighted by molar-refractivity contribution is -0.384. The number of ether oxygens (including phenoxy) is 2. The lowest BCUT2D eigenvalue weighted by Gasteiger charge is -2.25. The van der Waals surface area contributed by atoms with Crippen LogP contribution in [0.5, 0.6) is 11.5 Å². The molecule has 1 aliphatic heterocycles. The van der Waals surface area contributed by atoms with Crippen LogP contribution in [0.4, 0.5) is 25.8 Å². The van der Waals surface area contributed by atoms with Gasteiger partial charge < -0.3 is 14.8 Å². The molecule has 1 fully saturated rings. The second kappa shape index (κ2) is 12.5. The van der Waals surface area contributed by atoms with Crippen molar-refractivity contribution in [3.63, 3.8) is 0 Å². The summed E-state index contributed by atoms with van der Waals surface area (Å²) in [6, 6.07) is 9.56. The average Bonchev–Trinajstić information content (AvgIpc) is 3.15. The van der Waals surface area contributed by atoms with Gasteiger partial charge in [-0.2, -0.15) is 8.78 Å². The number of nitrogens with one attached hydrogen (secondary N) is 1. The van der Waals surface area contributed by atoms with Crippen molar-refractivity contribution in [2.24, 2.45) is 4.99 Å². The third kappa shape index (κ3) is 6.94. The van der Waals surface area contributed by atoms with Gasteiger partial charge in [0, 0.05) is 12.5 Å². The van der Waals surface area contributed by atoms with Crippen LogP contribution in [0, 0.1) is 10.1 Å². The van der Waals surface area contributed by atoms with E-state index in [0.717, 1.165) is 11.8 Å². The van der Waals surface area contributed by atoms with Crippen LogP contribution in [0.15, 0.2) is 47.5 Å². The molecule has 2 amide bonds. The quantitative estimate of drug-likeness (QED) is 0.303. The van der Waals surface area contributed by atoms with Crippen LogP contribution in [0.25, 0.3) is 0 Å². The van der Waals surface area contributed by atoms with Gasteiger partial charge >= 0.3 is 6.61 Å². The molecule has 0 radical (unpaired) electrons. The predicted octanol–water partition coefficient (Wildman–Crippen LogP) is 5.35. The monoisotopic (exact) mass is 536 g/mol. The van der Waals surface area contributed by atoms with E-state index in [4.69, 9.17) is 4.74 Å². The minimum absolute atomic E-state index is 0.0110. The molecule has 0 saturated carbocycles. The Morgan fingerprint density at radius 2 is 1.84 bits per heavy atom. The van der Waals surface area contributed by atoms with Crippen molar-refractivity contribution in [3.8, 4) is 11.5 Å². The molecule has 37 heavy (non-hydrogen) atoms. The summed E-state index contributed by atoms with van der Waals surface area (Å²) in [5.41, 5.74) is 0.0770. The van der Waals surface area contributed by atoms with Gasteiger partial charge in [-0.05, 0) is 49.2 Å². The number of hydrogen-bond acceptors (Lipinski definition) is 8. The van der Waals surface area contributed by atoms with Gasteiger partial charge in [0.1, 0.15) is 22.4 Å². The number of thioether (sulfide) groups is 1. The number of nitro groups is 1. The fraction of sp³-hybridized carbons (Fsp3) is 0.375. The first-order valence-electron chi connectivity index (χ1n) is 11.4. The number of carbonyl (C=O) groups is 2. The molecule has 3 rings (SSSR count). The summed E-state index contributed by atoms with van der Waals surface area (Å²) < 4.78 is 34.2. The number of benzene rings is 2. The summed E-state index contributed by atoms with van der Waals surface area (Å²) >= 11 is 1.11. The van der Waals surface area contributed by atoms with E-state index in [1.54, 1.807) is 4.90 Å². The third-order valence-electron chi connectivity index (χ3n) is 5.61. The van der Waals surface area contributed by atoms with E-state index >= 15 is 0 Å². The zero-order valence-electron chi connectivity index (χ0n) is 20.4. The Balaban J connectivity index is 1.81. The highest BCUT2D eigenvalue weighted by molar-refractivity contribution is 8.15. The van der Waals surface area contributed by atoms with Crippen molar-refractivity contribution in [2.45, 2.75) is 51.0 Å². The van der Waals surface area contributed by atoms with Gasteiger partial charge in [-0.15, -0.1) is 0 Å². The Labute approximate surface area is 216 Å². The molecule has 13 heteroatoms. The van der Waals surface area contributed by atoms with E-state index in [1.807, 2.05) is 13.8 Å². The molecule has 10 nitrogen and oxygen atoms in total. The van der Waals surface area contributed by atoms with E-state index in [2.05, 4.69) is 15.0 Å². The molecular weight excluding hydrogens is 510 g/mol. The molecular formula is C24H26F2N4O6S. The number of nitrogens with zero attached hydrogens (tertiary/aromatic N) is 3. The van der Waals surface area contributed by atoms with Crippen LogP contribution in [0.1, 0.15) is 33.1 Å². The van der Waals surface area contributed by atoms with Gasteiger partial charge in [-0.25, -0.2) is 4.99 Å². The number of methoxy groups -OCH3 is 1. The summed E-state index contributed by atoms with van der Waals surface area (Å²) in [4.78, 5) is 43.0. The topological polar surface area (TPSA) is 123 Å². The van der Waals surface area contributed by atoms with Gasteiger partial charge in [0.2, 0.25) is 11.8 Å². The van der Waals surface area contributed by atoms with E-state index in [1.165, 1.54) is 49.6 Å². The summed E-state index contributed by atoms with van der Waals surface area (Å²) in [6.07, 6.45) is 1.07. The maximum Gasteiger partial charge on any atom is 0.387 e. The van der Waals surface area contributed by atoms with Gasteiger partial charge in [0.25, 0.3) is 5.69 Å². The Morgan fingerprint density at radius 3 is 2.41 bits per heavy atom. The number of aliphatic imine (C=N–C) groups is 1. The number of anilines is 1. The van der Waals surface area contributed by atoms with Crippen molar-refractivity contribution in [2.75, 3.05) is 12.4 Å². The van der Waals surface area contributed by atoms with E-state index in [9.17, 15) is 28.5 Å². The van der Waals surface area contributed by atoms with Crippen molar-refractivity contribution in [1.29, 1.82) is 0 Å². The number of hydrogen-bond donors (Lipinski definition) is 1.